The molecule has 0 bridgehead atoms. The second-order valence-electron chi connectivity index (χ2n) is 8.07. The second-order valence-corrected chi connectivity index (χ2v) is 8.07. The lowest BCUT2D eigenvalue weighted by atomic mass is 9.67. The van der Waals surface area contributed by atoms with Gasteiger partial charge in [-0.3, -0.25) is 0 Å². The molecule has 0 heterocycles. The maximum Gasteiger partial charge on any atom is -0.00951 e. The van der Waals surface area contributed by atoms with Gasteiger partial charge in [-0.1, -0.05) is 112 Å². The summed E-state index contributed by atoms with van der Waals surface area (Å²) in [5, 5.41) is 0. The van der Waals surface area contributed by atoms with Crippen molar-refractivity contribution in [1.29, 1.82) is 0 Å². The topological polar surface area (TPSA) is 0 Å². The van der Waals surface area contributed by atoms with Gasteiger partial charge in [0.05, 0.1) is 0 Å². The van der Waals surface area contributed by atoms with Gasteiger partial charge in [-0.25, -0.2) is 0 Å². The first-order valence-corrected chi connectivity index (χ1v) is 9.75. The van der Waals surface area contributed by atoms with E-state index >= 15 is 0 Å². The van der Waals surface area contributed by atoms with E-state index in [2.05, 4.69) is 72.1 Å². The Labute approximate surface area is 167 Å². The lowest BCUT2D eigenvalue weighted by molar-refractivity contribution is 0.344. The van der Waals surface area contributed by atoms with Gasteiger partial charge in [0.15, 0.2) is 0 Å². The average Bonchev–Trinajstić information content (AvgIpc) is 2.61. The Balaban J connectivity index is 2.73. The van der Waals surface area contributed by atoms with Crippen molar-refractivity contribution in [3.8, 4) is 0 Å². The molecule has 0 aliphatic heterocycles. The molecule has 0 aromatic rings. The van der Waals surface area contributed by atoms with E-state index in [4.69, 9.17) is 0 Å². The summed E-state index contributed by atoms with van der Waals surface area (Å²) in [5.74, 6) is 0.564. The molecule has 0 N–H and O–H groups in total. The van der Waals surface area contributed by atoms with Crippen molar-refractivity contribution >= 4 is 0 Å². The summed E-state index contributed by atoms with van der Waals surface area (Å²) in [6.45, 7) is 21.3. The summed E-state index contributed by atoms with van der Waals surface area (Å²) >= 11 is 0. The quantitative estimate of drug-likeness (QED) is 0.401. The minimum Gasteiger partial charge on any atom is -0.0988 e. The van der Waals surface area contributed by atoms with Crippen molar-refractivity contribution in [2.24, 2.45) is 11.3 Å². The van der Waals surface area contributed by atoms with E-state index in [1.807, 2.05) is 49.5 Å². The van der Waals surface area contributed by atoms with E-state index in [1.54, 1.807) is 0 Å². The van der Waals surface area contributed by atoms with Crippen LogP contribution in [0.1, 0.15) is 48.0 Å². The van der Waals surface area contributed by atoms with Crippen LogP contribution in [0.25, 0.3) is 0 Å². The number of hydrogen-bond acceptors (Lipinski definition) is 0. The Morgan fingerprint density at radius 1 is 0.963 bits per heavy atom. The Morgan fingerprint density at radius 2 is 1.48 bits per heavy atom. The minimum atomic E-state index is 0.199. The zero-order valence-electron chi connectivity index (χ0n) is 18.0. The van der Waals surface area contributed by atoms with Gasteiger partial charge in [0.2, 0.25) is 0 Å². The van der Waals surface area contributed by atoms with Crippen LogP contribution in [0.4, 0.5) is 0 Å². The average molecular weight is 361 g/mol. The first-order chi connectivity index (χ1) is 12.7. The molecule has 0 saturated carbocycles. The predicted octanol–water partition coefficient (Wildman–Crippen LogP) is 8.23. The van der Waals surface area contributed by atoms with E-state index in [-0.39, 0.29) is 5.41 Å². The molecule has 0 nitrogen and oxygen atoms in total. The van der Waals surface area contributed by atoms with Gasteiger partial charge in [0.1, 0.15) is 0 Å². The molecule has 0 spiro atoms. The van der Waals surface area contributed by atoms with Crippen LogP contribution in [0.5, 0.6) is 0 Å². The van der Waals surface area contributed by atoms with E-state index in [9.17, 15) is 0 Å². The van der Waals surface area contributed by atoms with Crippen LogP contribution in [0.15, 0.2) is 108 Å². The number of allylic oxidation sites excluding steroid dienone is 16. The molecule has 0 radical (unpaired) electrons. The zero-order chi connectivity index (χ0) is 20.4. The molecule has 0 fully saturated rings. The molecule has 1 aliphatic rings. The molecule has 1 aliphatic carbocycles. The molecule has 1 rings (SSSR count). The van der Waals surface area contributed by atoms with Gasteiger partial charge in [0.25, 0.3) is 0 Å². The highest BCUT2D eigenvalue weighted by molar-refractivity contribution is 5.46. The lowest BCUT2D eigenvalue weighted by Gasteiger charge is -2.38. The van der Waals surface area contributed by atoms with Crippen molar-refractivity contribution in [1.82, 2.24) is 0 Å². The van der Waals surface area contributed by atoms with Gasteiger partial charge >= 0.3 is 0 Å². The van der Waals surface area contributed by atoms with Crippen molar-refractivity contribution in [3.63, 3.8) is 0 Å². The summed E-state index contributed by atoms with van der Waals surface area (Å²) in [6.07, 6.45) is 23.9. The third kappa shape index (κ3) is 7.43. The largest absolute Gasteiger partial charge is 0.0988 e. The number of rotatable bonds is 7. The van der Waals surface area contributed by atoms with Gasteiger partial charge in [0, 0.05) is 0 Å². The van der Waals surface area contributed by atoms with Gasteiger partial charge in [-0.05, 0) is 55.2 Å². The fourth-order valence-electron chi connectivity index (χ4n) is 3.41. The minimum absolute atomic E-state index is 0.199. The fraction of sp³-hybridized carbons (Fsp3) is 0.333. The molecule has 0 aromatic carbocycles. The van der Waals surface area contributed by atoms with Crippen molar-refractivity contribution in [2.45, 2.75) is 48.0 Å². The maximum atomic E-state index is 4.29. The SMILES string of the molecule is C=C/C(C)=C/C=C/C=C/C=C/C=C(C)/C=C/C1=C(C)C(=C)C(C)CC1(C)C. The highest BCUT2D eigenvalue weighted by Crippen LogP contribution is 2.45. The second kappa shape index (κ2) is 10.7. The Kier molecular flexibility index (Phi) is 9.02. The highest BCUT2D eigenvalue weighted by Gasteiger charge is 2.32. The number of hydrogen-bond donors (Lipinski definition) is 0. The molecule has 0 saturated heterocycles. The molecular weight excluding hydrogens is 324 g/mol. The van der Waals surface area contributed by atoms with Crippen LogP contribution in [0.2, 0.25) is 0 Å². The van der Waals surface area contributed by atoms with Gasteiger partial charge in [-0.2, -0.15) is 0 Å². The van der Waals surface area contributed by atoms with Crippen molar-refractivity contribution in [2.75, 3.05) is 0 Å². The molecule has 0 heteroatoms. The van der Waals surface area contributed by atoms with Gasteiger partial charge in [-0.15, -0.1) is 0 Å². The lowest BCUT2D eigenvalue weighted by Crippen LogP contribution is -2.25. The Bertz CT molecular complexity index is 752. The van der Waals surface area contributed by atoms with E-state index in [0.717, 1.165) is 12.0 Å². The monoisotopic (exact) mass is 360 g/mol. The first-order valence-electron chi connectivity index (χ1n) is 9.75. The van der Waals surface area contributed by atoms with Crippen LogP contribution >= 0.6 is 0 Å². The third-order valence-corrected chi connectivity index (χ3v) is 5.13. The Hall–Kier alpha value is -2.34. The zero-order valence-corrected chi connectivity index (χ0v) is 18.0. The van der Waals surface area contributed by atoms with Crippen molar-refractivity contribution in [3.05, 3.63) is 108 Å². The van der Waals surface area contributed by atoms with E-state index in [1.165, 1.54) is 22.3 Å². The smallest absolute Gasteiger partial charge is 0.00951 e. The van der Waals surface area contributed by atoms with Crippen LogP contribution in [-0.2, 0) is 0 Å². The summed E-state index contributed by atoms with van der Waals surface area (Å²) in [7, 11) is 0. The molecule has 1 unspecified atom stereocenters. The van der Waals surface area contributed by atoms with Crippen molar-refractivity contribution < 1.29 is 0 Å². The summed E-state index contributed by atoms with van der Waals surface area (Å²) in [4.78, 5) is 0. The first kappa shape index (κ1) is 22.7. The van der Waals surface area contributed by atoms with Crippen LogP contribution in [0.3, 0.4) is 0 Å². The normalized spacial score (nSPS) is 22.1. The highest BCUT2D eigenvalue weighted by atomic mass is 14.4. The molecule has 1 atom stereocenters. The van der Waals surface area contributed by atoms with Crippen LogP contribution in [0, 0.1) is 11.3 Å². The van der Waals surface area contributed by atoms with E-state index in [0.29, 0.717) is 5.92 Å². The van der Waals surface area contributed by atoms with Crippen LogP contribution in [-0.4, -0.2) is 0 Å². The summed E-state index contributed by atoms with van der Waals surface area (Å²) < 4.78 is 0. The summed E-state index contributed by atoms with van der Waals surface area (Å²) in [6, 6.07) is 0. The Morgan fingerprint density at radius 3 is 2.04 bits per heavy atom. The standard InChI is InChI=1S/C27H36/c1-9-21(2)16-14-12-10-11-13-15-17-22(3)18-19-26-25(6)24(5)23(4)20-27(26,7)8/h9-19,23H,1,5,20H2,2-4,6-8H3/b11-10+,14-12+,15-13+,19-18+,21-16+,22-17+. The predicted molar refractivity (Wildman–Crippen MR) is 124 cm³/mol. The molecule has 144 valence electrons. The molecule has 27 heavy (non-hydrogen) atoms. The fourth-order valence-corrected chi connectivity index (χ4v) is 3.41. The molecule has 0 aromatic heterocycles. The maximum absolute atomic E-state index is 4.29. The molecular formula is C27H36. The molecule has 0 amide bonds. The van der Waals surface area contributed by atoms with Gasteiger partial charge < -0.3 is 0 Å². The third-order valence-electron chi connectivity index (χ3n) is 5.13. The van der Waals surface area contributed by atoms with Crippen LogP contribution < -0.4 is 0 Å². The summed E-state index contributed by atoms with van der Waals surface area (Å²) in [5.41, 5.74) is 6.64. The van der Waals surface area contributed by atoms with E-state index < -0.39 is 0 Å².